The predicted molar refractivity (Wildman–Crippen MR) is 120 cm³/mol. The minimum atomic E-state index is 1.04. The highest BCUT2D eigenvalue weighted by Gasteiger charge is 2.15. The summed E-state index contributed by atoms with van der Waals surface area (Å²) in [5, 5.41) is 0. The van der Waals surface area contributed by atoms with Crippen LogP contribution >= 0.6 is 0 Å². The second-order valence-electron chi connectivity index (χ2n) is 8.08. The van der Waals surface area contributed by atoms with E-state index in [0.29, 0.717) is 0 Å². The molecule has 0 bridgehead atoms. The van der Waals surface area contributed by atoms with E-state index in [1.54, 1.807) is 0 Å². The van der Waals surface area contributed by atoms with E-state index in [0.717, 1.165) is 18.7 Å². The molecule has 148 valence electrons. The molecule has 0 radical (unpaired) electrons. The Bertz CT molecular complexity index is 893. The van der Waals surface area contributed by atoms with Crippen LogP contribution in [-0.4, -0.2) is 9.55 Å². The maximum Gasteiger partial charge on any atom is 0.144 e. The number of benzene rings is 2. The molecule has 3 aromatic rings. The molecule has 2 nitrogen and oxygen atoms in total. The molecular weight excluding hydrogens is 340 g/mol. The summed E-state index contributed by atoms with van der Waals surface area (Å²) in [7, 11) is 0. The first-order valence-corrected chi connectivity index (χ1v) is 10.8. The highest BCUT2D eigenvalue weighted by molar-refractivity contribution is 5.62. The zero-order chi connectivity index (χ0) is 20.1. The van der Waals surface area contributed by atoms with Gasteiger partial charge in [-0.1, -0.05) is 68.7 Å². The molecule has 0 atom stereocenters. The van der Waals surface area contributed by atoms with Gasteiger partial charge in [0.15, 0.2) is 0 Å². The van der Waals surface area contributed by atoms with E-state index < -0.39 is 0 Å². The second-order valence-corrected chi connectivity index (χ2v) is 8.08. The number of aromatic nitrogens is 2. The quantitative estimate of drug-likeness (QED) is 0.409. The summed E-state index contributed by atoms with van der Waals surface area (Å²) in [5.74, 6) is 1.06. The number of unbranched alkanes of at least 4 members (excludes halogenated alkanes) is 2. The third-order valence-corrected chi connectivity index (χ3v) is 5.45. The molecule has 0 saturated carbocycles. The molecule has 0 aliphatic carbocycles. The monoisotopic (exact) mass is 374 g/mol. The Morgan fingerprint density at radius 2 is 1.43 bits per heavy atom. The van der Waals surface area contributed by atoms with Crippen molar-refractivity contribution in [2.45, 2.75) is 73.1 Å². The molecule has 0 unspecified atom stereocenters. The first-order valence-electron chi connectivity index (χ1n) is 10.8. The van der Waals surface area contributed by atoms with E-state index in [-0.39, 0.29) is 0 Å². The van der Waals surface area contributed by atoms with Gasteiger partial charge >= 0.3 is 0 Å². The molecule has 2 aromatic carbocycles. The molecule has 0 aliphatic heterocycles. The highest BCUT2D eigenvalue weighted by atomic mass is 15.1. The van der Waals surface area contributed by atoms with Gasteiger partial charge in [-0.2, -0.15) is 0 Å². The van der Waals surface area contributed by atoms with Crippen LogP contribution in [0.4, 0.5) is 0 Å². The van der Waals surface area contributed by atoms with Gasteiger partial charge in [-0.3, -0.25) is 4.57 Å². The molecule has 0 N–H and O–H groups in total. The van der Waals surface area contributed by atoms with Crippen LogP contribution in [0.15, 0.2) is 42.6 Å². The Morgan fingerprint density at radius 1 is 0.821 bits per heavy atom. The molecule has 1 aromatic heterocycles. The zero-order valence-electron chi connectivity index (χ0n) is 18.2. The van der Waals surface area contributed by atoms with Crippen LogP contribution in [0, 0.1) is 20.8 Å². The summed E-state index contributed by atoms with van der Waals surface area (Å²) >= 11 is 0. The maximum atomic E-state index is 5.05. The Balaban J connectivity index is 2.06. The van der Waals surface area contributed by atoms with Crippen LogP contribution in [0.1, 0.15) is 67.5 Å². The van der Waals surface area contributed by atoms with E-state index in [1.165, 1.54) is 64.9 Å². The highest BCUT2D eigenvalue weighted by Crippen LogP contribution is 2.29. The minimum Gasteiger partial charge on any atom is -0.299 e. The van der Waals surface area contributed by atoms with Gasteiger partial charge in [0, 0.05) is 11.8 Å². The number of hydrogen-bond donors (Lipinski definition) is 0. The normalized spacial score (nSPS) is 11.2. The van der Waals surface area contributed by atoms with E-state index in [4.69, 9.17) is 4.98 Å². The summed E-state index contributed by atoms with van der Waals surface area (Å²) in [6.07, 6.45) is 9.30. The molecule has 2 heteroatoms. The largest absolute Gasteiger partial charge is 0.299 e. The lowest BCUT2D eigenvalue weighted by Crippen LogP contribution is -2.02. The first kappa shape index (κ1) is 20.4. The topological polar surface area (TPSA) is 17.8 Å². The fourth-order valence-electron chi connectivity index (χ4n) is 4.04. The van der Waals surface area contributed by atoms with Crippen molar-refractivity contribution in [3.63, 3.8) is 0 Å². The first-order chi connectivity index (χ1) is 13.5. The molecule has 0 aliphatic rings. The smallest absolute Gasteiger partial charge is 0.144 e. The van der Waals surface area contributed by atoms with Crippen LogP contribution in [0.2, 0.25) is 0 Å². The Kier molecular flexibility index (Phi) is 6.72. The number of aryl methyl sites for hydroxylation is 5. The fourth-order valence-corrected chi connectivity index (χ4v) is 4.04. The third kappa shape index (κ3) is 4.55. The maximum absolute atomic E-state index is 5.05. The third-order valence-electron chi connectivity index (χ3n) is 5.45. The Morgan fingerprint density at radius 3 is 2.04 bits per heavy atom. The van der Waals surface area contributed by atoms with E-state index in [1.807, 2.05) is 0 Å². The molecular formula is C26H34N2. The number of imidazole rings is 1. The van der Waals surface area contributed by atoms with Crippen LogP contribution < -0.4 is 0 Å². The molecule has 3 rings (SSSR count). The zero-order valence-corrected chi connectivity index (χ0v) is 18.2. The van der Waals surface area contributed by atoms with Gasteiger partial charge < -0.3 is 0 Å². The van der Waals surface area contributed by atoms with Crippen molar-refractivity contribution < 1.29 is 0 Å². The standard InChI is InChI=1S/C26H34N2/c1-6-8-10-22-12-14-23(15-13-22)26-27-24(11-9-7-2)18-28(26)25-20(4)16-19(3)17-21(25)5/h12-18H,6-11H2,1-5H3. The van der Waals surface area contributed by atoms with E-state index in [9.17, 15) is 0 Å². The lowest BCUT2D eigenvalue weighted by Gasteiger charge is -2.15. The van der Waals surface area contributed by atoms with Gasteiger partial charge in [0.05, 0.1) is 11.4 Å². The summed E-state index contributed by atoms with van der Waals surface area (Å²) < 4.78 is 2.32. The summed E-state index contributed by atoms with van der Waals surface area (Å²) in [5.41, 5.74) is 8.99. The minimum absolute atomic E-state index is 1.04. The lowest BCUT2D eigenvalue weighted by atomic mass is 10.0. The molecule has 28 heavy (non-hydrogen) atoms. The Labute approximate surface area is 170 Å². The van der Waals surface area contributed by atoms with Gasteiger partial charge in [0.1, 0.15) is 5.82 Å². The van der Waals surface area contributed by atoms with Crippen LogP contribution in [0.3, 0.4) is 0 Å². The fraction of sp³-hybridized carbons (Fsp3) is 0.423. The van der Waals surface area contributed by atoms with E-state index in [2.05, 4.69) is 81.8 Å². The van der Waals surface area contributed by atoms with Gasteiger partial charge in [-0.15, -0.1) is 0 Å². The SMILES string of the molecule is CCCCc1ccc(-c2nc(CCCC)cn2-c2c(C)cc(C)cc2C)cc1. The number of rotatable bonds is 8. The molecule has 0 spiro atoms. The van der Waals surface area contributed by atoms with Crippen molar-refractivity contribution in [3.05, 3.63) is 70.5 Å². The van der Waals surface area contributed by atoms with Crippen molar-refractivity contribution in [2.24, 2.45) is 0 Å². The summed E-state index contributed by atoms with van der Waals surface area (Å²) in [6.45, 7) is 11.1. The summed E-state index contributed by atoms with van der Waals surface area (Å²) in [4.78, 5) is 5.05. The average molecular weight is 375 g/mol. The van der Waals surface area contributed by atoms with E-state index >= 15 is 0 Å². The summed E-state index contributed by atoms with van der Waals surface area (Å²) in [6, 6.07) is 13.6. The van der Waals surface area contributed by atoms with Gasteiger partial charge in [-0.05, 0) is 63.1 Å². The number of hydrogen-bond acceptors (Lipinski definition) is 1. The molecule has 1 heterocycles. The second kappa shape index (κ2) is 9.23. The number of nitrogens with zero attached hydrogens (tertiary/aromatic N) is 2. The van der Waals surface area contributed by atoms with Crippen molar-refractivity contribution in [3.8, 4) is 17.1 Å². The van der Waals surface area contributed by atoms with Gasteiger partial charge in [-0.25, -0.2) is 4.98 Å². The van der Waals surface area contributed by atoms with Crippen molar-refractivity contribution in [1.82, 2.24) is 9.55 Å². The Hall–Kier alpha value is -2.35. The average Bonchev–Trinajstić information content (AvgIpc) is 3.08. The van der Waals surface area contributed by atoms with Crippen molar-refractivity contribution in [1.29, 1.82) is 0 Å². The van der Waals surface area contributed by atoms with Crippen LogP contribution in [-0.2, 0) is 12.8 Å². The van der Waals surface area contributed by atoms with Crippen molar-refractivity contribution in [2.75, 3.05) is 0 Å². The van der Waals surface area contributed by atoms with Crippen LogP contribution in [0.25, 0.3) is 17.1 Å². The molecule has 0 fully saturated rings. The lowest BCUT2D eigenvalue weighted by molar-refractivity contribution is 0.780. The van der Waals surface area contributed by atoms with Gasteiger partial charge in [0.2, 0.25) is 0 Å². The molecule has 0 amide bonds. The van der Waals surface area contributed by atoms with Crippen molar-refractivity contribution >= 4 is 0 Å². The molecule has 0 saturated heterocycles. The van der Waals surface area contributed by atoms with Gasteiger partial charge in [0.25, 0.3) is 0 Å². The van der Waals surface area contributed by atoms with Crippen LogP contribution in [0.5, 0.6) is 0 Å². The predicted octanol–water partition coefficient (Wildman–Crippen LogP) is 7.15.